The van der Waals surface area contributed by atoms with Gasteiger partial charge in [0.1, 0.15) is 6.04 Å². The van der Waals surface area contributed by atoms with E-state index in [0.29, 0.717) is 16.4 Å². The molecule has 3 N–H and O–H groups in total. The van der Waals surface area contributed by atoms with Gasteiger partial charge < -0.3 is 20.6 Å². The number of amides is 3. The van der Waals surface area contributed by atoms with E-state index in [9.17, 15) is 14.7 Å². The maximum Gasteiger partial charge on any atom is 0.322 e. The number of rotatable bonds is 3. The summed E-state index contributed by atoms with van der Waals surface area (Å²) in [5.41, 5.74) is 1.22. The molecule has 0 saturated carbocycles. The zero-order chi connectivity index (χ0) is 18.7. The van der Waals surface area contributed by atoms with Gasteiger partial charge in [0.25, 0.3) is 0 Å². The molecule has 1 fully saturated rings. The summed E-state index contributed by atoms with van der Waals surface area (Å²) in [7, 11) is 0. The van der Waals surface area contributed by atoms with E-state index in [-0.39, 0.29) is 18.9 Å². The number of aliphatic hydroxyl groups is 1. The number of carbonyl (C=O) groups excluding carboxylic acids is 2. The first-order valence-corrected chi connectivity index (χ1v) is 9.46. The molecule has 6 nitrogen and oxygen atoms in total. The number of hydrogen-bond donors (Lipinski definition) is 3. The van der Waals surface area contributed by atoms with Crippen LogP contribution >= 0.6 is 34.2 Å². The van der Waals surface area contributed by atoms with E-state index in [1.165, 1.54) is 4.90 Å². The summed E-state index contributed by atoms with van der Waals surface area (Å²) in [6, 6.07) is 12.8. The number of likely N-dealkylation sites (tertiary alicyclic amines) is 1. The molecule has 0 aliphatic carbocycles. The van der Waals surface area contributed by atoms with E-state index in [4.69, 9.17) is 11.6 Å². The zero-order valence-corrected chi connectivity index (χ0v) is 16.6. The van der Waals surface area contributed by atoms with Crippen LogP contribution in [0.3, 0.4) is 0 Å². The van der Waals surface area contributed by atoms with Crippen molar-refractivity contribution in [2.24, 2.45) is 0 Å². The van der Waals surface area contributed by atoms with Crippen LogP contribution in [-0.2, 0) is 4.79 Å². The molecule has 8 heteroatoms. The SMILES string of the molecule is O=C(Nc1ccc(I)cc1)[C@H]1C[C@@H](O)CN1C(=O)Nc1ccc(Cl)cc1. The van der Waals surface area contributed by atoms with Crippen molar-refractivity contribution in [3.8, 4) is 0 Å². The second-order valence-corrected chi connectivity index (χ2v) is 7.67. The molecule has 1 saturated heterocycles. The van der Waals surface area contributed by atoms with Crippen molar-refractivity contribution in [2.75, 3.05) is 17.2 Å². The number of carbonyl (C=O) groups is 2. The Morgan fingerprint density at radius 1 is 1.04 bits per heavy atom. The summed E-state index contributed by atoms with van der Waals surface area (Å²) in [6.07, 6.45) is -0.539. The average Bonchev–Trinajstić information content (AvgIpc) is 3.01. The fourth-order valence-electron chi connectivity index (χ4n) is 2.77. The molecule has 0 unspecified atom stereocenters. The number of nitrogens with one attached hydrogen (secondary N) is 2. The van der Waals surface area contributed by atoms with Crippen molar-refractivity contribution in [3.05, 3.63) is 57.1 Å². The van der Waals surface area contributed by atoms with Crippen LogP contribution in [0.4, 0.5) is 16.2 Å². The highest BCUT2D eigenvalue weighted by Gasteiger charge is 2.39. The second kappa shape index (κ2) is 8.24. The van der Waals surface area contributed by atoms with Crippen LogP contribution in [0, 0.1) is 3.57 Å². The summed E-state index contributed by atoms with van der Waals surface area (Å²) < 4.78 is 1.06. The van der Waals surface area contributed by atoms with Gasteiger partial charge in [-0.05, 0) is 71.1 Å². The first-order chi connectivity index (χ1) is 12.4. The molecule has 0 radical (unpaired) electrons. The van der Waals surface area contributed by atoms with Gasteiger partial charge in [-0.1, -0.05) is 11.6 Å². The quantitative estimate of drug-likeness (QED) is 0.582. The number of aliphatic hydroxyl groups excluding tert-OH is 1. The summed E-state index contributed by atoms with van der Waals surface area (Å²) >= 11 is 8.02. The van der Waals surface area contributed by atoms with Gasteiger partial charge in [0.05, 0.1) is 6.10 Å². The van der Waals surface area contributed by atoms with Gasteiger partial charge in [-0.3, -0.25) is 4.79 Å². The van der Waals surface area contributed by atoms with Gasteiger partial charge in [-0.15, -0.1) is 0 Å². The summed E-state index contributed by atoms with van der Waals surface area (Å²) in [4.78, 5) is 26.5. The number of hydrogen-bond acceptors (Lipinski definition) is 3. The van der Waals surface area contributed by atoms with E-state index < -0.39 is 18.2 Å². The Balaban J connectivity index is 1.68. The molecule has 2 aromatic rings. The van der Waals surface area contributed by atoms with Gasteiger partial charge in [-0.2, -0.15) is 0 Å². The predicted molar refractivity (Wildman–Crippen MR) is 109 cm³/mol. The topological polar surface area (TPSA) is 81.7 Å². The molecular weight excluding hydrogens is 469 g/mol. The summed E-state index contributed by atoms with van der Waals surface area (Å²) in [5.74, 6) is -0.325. The predicted octanol–water partition coefficient (Wildman–Crippen LogP) is 3.55. The Kier molecular flexibility index (Phi) is 6.00. The van der Waals surface area contributed by atoms with Crippen molar-refractivity contribution in [1.82, 2.24) is 4.90 Å². The molecule has 0 bridgehead atoms. The smallest absolute Gasteiger partial charge is 0.322 e. The van der Waals surface area contributed by atoms with Crippen LogP contribution < -0.4 is 10.6 Å². The lowest BCUT2D eigenvalue weighted by Gasteiger charge is -2.24. The third-order valence-corrected chi connectivity index (χ3v) is 5.02. The number of nitrogens with zero attached hydrogens (tertiary/aromatic N) is 1. The van der Waals surface area contributed by atoms with E-state index >= 15 is 0 Å². The van der Waals surface area contributed by atoms with Crippen molar-refractivity contribution in [3.63, 3.8) is 0 Å². The number of urea groups is 1. The van der Waals surface area contributed by atoms with Gasteiger partial charge in [0, 0.05) is 32.9 Å². The molecule has 26 heavy (non-hydrogen) atoms. The first kappa shape index (κ1) is 18.9. The normalized spacial score (nSPS) is 19.3. The Morgan fingerprint density at radius 3 is 2.27 bits per heavy atom. The third-order valence-electron chi connectivity index (χ3n) is 4.05. The average molecular weight is 486 g/mol. The molecule has 3 rings (SSSR count). The number of β-amino-alcohol motifs (C(OH)–C–C–N with tert-alkyl or cyclic N) is 1. The largest absolute Gasteiger partial charge is 0.391 e. The molecule has 1 aliphatic rings. The van der Waals surface area contributed by atoms with E-state index in [1.54, 1.807) is 36.4 Å². The highest BCUT2D eigenvalue weighted by atomic mass is 127. The molecular formula is C18H17ClIN3O3. The van der Waals surface area contributed by atoms with Crippen molar-refractivity contribution >= 4 is 57.5 Å². The summed E-state index contributed by atoms with van der Waals surface area (Å²) in [5, 5.41) is 16.0. The lowest BCUT2D eigenvalue weighted by atomic mass is 10.2. The Labute approximate surface area is 169 Å². The standard InChI is InChI=1S/C18H17ClIN3O3/c19-11-1-5-14(6-2-11)22-18(26)23-10-15(24)9-16(23)17(25)21-13-7-3-12(20)4-8-13/h1-8,15-16,24H,9-10H2,(H,21,25)(H,22,26)/t15-,16-/m1/s1. The lowest BCUT2D eigenvalue weighted by Crippen LogP contribution is -2.45. The molecule has 1 heterocycles. The van der Waals surface area contributed by atoms with Crippen LogP contribution in [0.25, 0.3) is 0 Å². The molecule has 0 aromatic heterocycles. The zero-order valence-electron chi connectivity index (χ0n) is 13.7. The molecule has 2 aromatic carbocycles. The van der Waals surface area contributed by atoms with E-state index in [2.05, 4.69) is 33.2 Å². The van der Waals surface area contributed by atoms with Crippen molar-refractivity contribution < 1.29 is 14.7 Å². The number of benzene rings is 2. The van der Waals surface area contributed by atoms with Crippen LogP contribution in [0.1, 0.15) is 6.42 Å². The van der Waals surface area contributed by atoms with Crippen molar-refractivity contribution in [1.29, 1.82) is 0 Å². The minimum atomic E-state index is -0.739. The number of anilines is 2. The van der Waals surface area contributed by atoms with Crippen LogP contribution in [0.5, 0.6) is 0 Å². The lowest BCUT2D eigenvalue weighted by molar-refractivity contribution is -0.119. The molecule has 0 spiro atoms. The first-order valence-electron chi connectivity index (χ1n) is 8.00. The van der Waals surface area contributed by atoms with E-state index in [0.717, 1.165) is 3.57 Å². The van der Waals surface area contributed by atoms with Crippen LogP contribution in [0.15, 0.2) is 48.5 Å². The van der Waals surface area contributed by atoms with Gasteiger partial charge in [-0.25, -0.2) is 4.79 Å². The minimum absolute atomic E-state index is 0.101. The second-order valence-electron chi connectivity index (χ2n) is 5.99. The molecule has 1 aliphatic heterocycles. The van der Waals surface area contributed by atoms with Gasteiger partial charge in [0.2, 0.25) is 5.91 Å². The minimum Gasteiger partial charge on any atom is -0.391 e. The molecule has 3 amide bonds. The maximum atomic E-state index is 12.6. The highest BCUT2D eigenvalue weighted by Crippen LogP contribution is 2.22. The Bertz CT molecular complexity index is 731. The molecule has 136 valence electrons. The number of halogens is 2. The molecule has 2 atom stereocenters. The third kappa shape index (κ3) is 4.66. The fourth-order valence-corrected chi connectivity index (χ4v) is 3.26. The summed E-state index contributed by atoms with van der Waals surface area (Å²) in [6.45, 7) is 0.101. The van der Waals surface area contributed by atoms with Crippen molar-refractivity contribution in [2.45, 2.75) is 18.6 Å². The van der Waals surface area contributed by atoms with Crippen LogP contribution in [0.2, 0.25) is 5.02 Å². The van der Waals surface area contributed by atoms with Crippen LogP contribution in [-0.4, -0.2) is 40.6 Å². The maximum absolute atomic E-state index is 12.6. The Hall–Kier alpha value is -1.84. The fraction of sp³-hybridized carbons (Fsp3) is 0.222. The van der Waals surface area contributed by atoms with E-state index in [1.807, 2.05) is 12.1 Å². The monoisotopic (exact) mass is 485 g/mol. The van der Waals surface area contributed by atoms with Gasteiger partial charge in [0.15, 0.2) is 0 Å². The highest BCUT2D eigenvalue weighted by molar-refractivity contribution is 14.1. The van der Waals surface area contributed by atoms with Gasteiger partial charge >= 0.3 is 6.03 Å². The Morgan fingerprint density at radius 2 is 1.62 bits per heavy atom.